The van der Waals surface area contributed by atoms with E-state index in [4.69, 9.17) is 4.74 Å². The molecule has 1 fully saturated rings. The third kappa shape index (κ3) is 4.34. The average Bonchev–Trinajstić information content (AvgIpc) is 3.27. The predicted molar refractivity (Wildman–Crippen MR) is 100.0 cm³/mol. The van der Waals surface area contributed by atoms with Gasteiger partial charge >= 0.3 is 6.18 Å². The molecule has 0 aliphatic heterocycles. The van der Waals surface area contributed by atoms with Gasteiger partial charge in [0, 0.05) is 24.8 Å². The maximum absolute atomic E-state index is 13.0. The van der Waals surface area contributed by atoms with Crippen LogP contribution in [0.1, 0.15) is 43.1 Å². The number of hydrogen-bond acceptors (Lipinski definition) is 6. The van der Waals surface area contributed by atoms with E-state index in [1.807, 2.05) is 6.92 Å². The summed E-state index contributed by atoms with van der Waals surface area (Å²) in [7, 11) is 1.69. The number of aromatic nitrogens is 6. The van der Waals surface area contributed by atoms with Crippen molar-refractivity contribution in [1.29, 1.82) is 0 Å². The number of aromatic amines is 1. The maximum Gasteiger partial charge on any atom is 0.408 e. The van der Waals surface area contributed by atoms with E-state index >= 15 is 0 Å². The van der Waals surface area contributed by atoms with E-state index in [2.05, 4.69) is 30.6 Å². The Morgan fingerprint density at radius 1 is 1.24 bits per heavy atom. The molecule has 0 bridgehead atoms. The number of alkyl halides is 3. The molecule has 1 aliphatic rings. The summed E-state index contributed by atoms with van der Waals surface area (Å²) in [6.45, 7) is 0.652. The van der Waals surface area contributed by atoms with Gasteiger partial charge in [-0.2, -0.15) is 23.4 Å². The number of hydrogen-bond donors (Lipinski definition) is 2. The number of nitrogens with one attached hydrogen (secondary N) is 2. The minimum Gasteiger partial charge on any atom is -0.381 e. The van der Waals surface area contributed by atoms with Crippen molar-refractivity contribution >= 4 is 22.7 Å². The number of rotatable bonds is 5. The zero-order valence-corrected chi connectivity index (χ0v) is 16.1. The van der Waals surface area contributed by atoms with Crippen LogP contribution >= 0.6 is 0 Å². The summed E-state index contributed by atoms with van der Waals surface area (Å²) in [5, 5.41) is 14.4. The molecule has 0 amide bonds. The van der Waals surface area contributed by atoms with E-state index in [1.54, 1.807) is 13.2 Å². The predicted octanol–water partition coefficient (Wildman–Crippen LogP) is 3.84. The molecule has 0 aromatic carbocycles. The van der Waals surface area contributed by atoms with Gasteiger partial charge in [0.05, 0.1) is 17.7 Å². The van der Waals surface area contributed by atoms with Gasteiger partial charge in [0.15, 0.2) is 11.5 Å². The number of methoxy groups -OCH3 is 1. The molecule has 0 unspecified atom stereocenters. The minimum absolute atomic E-state index is 0.0570. The molecule has 29 heavy (non-hydrogen) atoms. The van der Waals surface area contributed by atoms with E-state index in [1.165, 1.54) is 6.20 Å². The molecule has 3 heterocycles. The van der Waals surface area contributed by atoms with E-state index in [0.29, 0.717) is 22.8 Å². The van der Waals surface area contributed by atoms with Crippen LogP contribution in [-0.2, 0) is 11.3 Å². The van der Waals surface area contributed by atoms with Crippen molar-refractivity contribution in [2.45, 2.75) is 57.3 Å². The lowest BCUT2D eigenvalue weighted by Crippen LogP contribution is -2.22. The fourth-order valence-corrected chi connectivity index (χ4v) is 3.70. The molecule has 0 radical (unpaired) electrons. The van der Waals surface area contributed by atoms with Crippen molar-refractivity contribution in [3.8, 4) is 0 Å². The van der Waals surface area contributed by atoms with E-state index in [9.17, 15) is 13.2 Å². The number of aryl methyl sites for hydroxylation is 1. The van der Waals surface area contributed by atoms with Crippen LogP contribution in [-0.4, -0.2) is 49.3 Å². The second-order valence-electron chi connectivity index (χ2n) is 7.36. The Bertz CT molecular complexity index is 989. The lowest BCUT2D eigenvalue weighted by molar-refractivity contribution is -0.141. The van der Waals surface area contributed by atoms with Gasteiger partial charge in [-0.15, -0.1) is 0 Å². The summed E-state index contributed by atoms with van der Waals surface area (Å²) >= 11 is 0. The first kappa shape index (κ1) is 19.6. The third-order valence-electron chi connectivity index (χ3n) is 5.17. The fourth-order valence-electron chi connectivity index (χ4n) is 3.70. The second-order valence-corrected chi connectivity index (χ2v) is 7.36. The summed E-state index contributed by atoms with van der Waals surface area (Å²) in [6.07, 6.45) is 0.534. The molecule has 11 heteroatoms. The zero-order chi connectivity index (χ0) is 20.6. The van der Waals surface area contributed by atoms with Crippen molar-refractivity contribution in [3.05, 3.63) is 23.8 Å². The SMILES string of the molecule is CO[C@H]1CC[C@@H](c2nc(Nc3cc(C)[nH]n3)c3cnn(CC(F)(F)F)c3n2)CC1. The first-order valence-corrected chi connectivity index (χ1v) is 9.44. The van der Waals surface area contributed by atoms with Crippen LogP contribution in [0.25, 0.3) is 11.0 Å². The maximum atomic E-state index is 13.0. The van der Waals surface area contributed by atoms with Crippen molar-refractivity contribution in [1.82, 2.24) is 29.9 Å². The van der Waals surface area contributed by atoms with Gasteiger partial charge in [0.2, 0.25) is 0 Å². The third-order valence-corrected chi connectivity index (χ3v) is 5.17. The van der Waals surface area contributed by atoms with Gasteiger partial charge in [-0.05, 0) is 32.6 Å². The number of nitrogens with zero attached hydrogens (tertiary/aromatic N) is 5. The molecule has 156 valence electrons. The lowest BCUT2D eigenvalue weighted by atomic mass is 9.87. The molecule has 3 aromatic rings. The quantitative estimate of drug-likeness (QED) is 0.665. The highest BCUT2D eigenvalue weighted by Crippen LogP contribution is 2.35. The molecule has 0 atom stereocenters. The average molecular weight is 409 g/mol. The highest BCUT2D eigenvalue weighted by atomic mass is 19.4. The van der Waals surface area contributed by atoms with Crippen LogP contribution in [0.5, 0.6) is 0 Å². The van der Waals surface area contributed by atoms with Gasteiger partial charge in [-0.1, -0.05) is 0 Å². The van der Waals surface area contributed by atoms with Crippen molar-refractivity contribution in [2.24, 2.45) is 0 Å². The molecule has 2 N–H and O–H groups in total. The van der Waals surface area contributed by atoms with Gasteiger partial charge in [-0.3, -0.25) is 5.10 Å². The number of anilines is 2. The van der Waals surface area contributed by atoms with Crippen LogP contribution in [0.4, 0.5) is 24.8 Å². The first-order valence-electron chi connectivity index (χ1n) is 9.44. The highest BCUT2D eigenvalue weighted by Gasteiger charge is 2.31. The Balaban J connectivity index is 1.73. The summed E-state index contributed by atoms with van der Waals surface area (Å²) in [5.74, 6) is 1.51. The van der Waals surface area contributed by atoms with Crippen LogP contribution in [0.3, 0.4) is 0 Å². The smallest absolute Gasteiger partial charge is 0.381 e. The van der Waals surface area contributed by atoms with Crippen molar-refractivity contribution in [2.75, 3.05) is 12.4 Å². The molecular weight excluding hydrogens is 387 g/mol. The van der Waals surface area contributed by atoms with Gasteiger partial charge in [-0.25, -0.2) is 14.6 Å². The minimum atomic E-state index is -4.40. The number of halogens is 3. The molecule has 4 rings (SSSR count). The summed E-state index contributed by atoms with van der Waals surface area (Å²) in [6, 6.07) is 1.79. The van der Waals surface area contributed by atoms with Crippen LogP contribution in [0.15, 0.2) is 12.3 Å². The zero-order valence-electron chi connectivity index (χ0n) is 16.1. The van der Waals surface area contributed by atoms with Crippen molar-refractivity contribution < 1.29 is 17.9 Å². The lowest BCUT2D eigenvalue weighted by Gasteiger charge is -2.26. The van der Waals surface area contributed by atoms with E-state index < -0.39 is 12.7 Å². The Hall–Kier alpha value is -2.69. The fraction of sp³-hybridized carbons (Fsp3) is 0.556. The number of fused-ring (bicyclic) bond motifs is 1. The summed E-state index contributed by atoms with van der Waals surface area (Å²) in [5.41, 5.74) is 1.01. The number of ether oxygens (including phenoxy) is 1. The normalized spacial score (nSPS) is 20.3. The van der Waals surface area contributed by atoms with Crippen molar-refractivity contribution in [3.63, 3.8) is 0 Å². The summed E-state index contributed by atoms with van der Waals surface area (Å²) in [4.78, 5) is 9.12. The second kappa shape index (κ2) is 7.62. The number of H-pyrrole nitrogens is 1. The molecule has 8 nitrogen and oxygen atoms in total. The molecular formula is C18H22F3N7O. The Morgan fingerprint density at radius 3 is 2.62 bits per heavy atom. The molecule has 0 saturated heterocycles. The molecule has 1 saturated carbocycles. The van der Waals surface area contributed by atoms with E-state index in [0.717, 1.165) is 36.1 Å². The van der Waals surface area contributed by atoms with Crippen LogP contribution in [0.2, 0.25) is 0 Å². The Labute approximate surface area is 164 Å². The largest absolute Gasteiger partial charge is 0.408 e. The molecule has 0 spiro atoms. The highest BCUT2D eigenvalue weighted by molar-refractivity contribution is 5.88. The molecule has 1 aliphatic carbocycles. The Morgan fingerprint density at radius 2 is 2.00 bits per heavy atom. The van der Waals surface area contributed by atoms with Gasteiger partial charge < -0.3 is 10.1 Å². The topological polar surface area (TPSA) is 93.5 Å². The van der Waals surface area contributed by atoms with E-state index in [-0.39, 0.29) is 17.7 Å². The van der Waals surface area contributed by atoms with Gasteiger partial charge in [0.25, 0.3) is 0 Å². The molecule has 3 aromatic heterocycles. The standard InChI is InChI=1S/C18H22F3N7O/c1-10-7-14(27-26-10)23-16-13-8-22-28(9-18(19,20)21)17(13)25-15(24-16)11-3-5-12(29-2)6-4-11/h7-8,11-12H,3-6,9H2,1-2H3,(H2,23,24,25,26,27)/t11-,12+. The monoisotopic (exact) mass is 409 g/mol. The first-order chi connectivity index (χ1) is 13.8. The van der Waals surface area contributed by atoms with Crippen LogP contribution in [0, 0.1) is 6.92 Å². The summed E-state index contributed by atoms with van der Waals surface area (Å²) < 4.78 is 45.2. The van der Waals surface area contributed by atoms with Crippen LogP contribution < -0.4 is 5.32 Å². The van der Waals surface area contributed by atoms with Gasteiger partial charge in [0.1, 0.15) is 18.2 Å². The Kier molecular flexibility index (Phi) is 5.15.